The minimum atomic E-state index is -0.407. The van der Waals surface area contributed by atoms with Crippen LogP contribution in [0.1, 0.15) is 63.6 Å². The van der Waals surface area contributed by atoms with Crippen LogP contribution in [-0.2, 0) is 5.54 Å². The van der Waals surface area contributed by atoms with Crippen LogP contribution in [0.15, 0.2) is 0 Å². The Morgan fingerprint density at radius 2 is 1.60 bits per heavy atom. The van der Waals surface area contributed by atoms with Gasteiger partial charge in [-0.1, -0.05) is 0 Å². The van der Waals surface area contributed by atoms with E-state index in [4.69, 9.17) is 10.8 Å². The molecule has 0 atom stereocenters. The molecule has 5 rings (SSSR count). The summed E-state index contributed by atoms with van der Waals surface area (Å²) in [5.41, 5.74) is 5.93. The third kappa shape index (κ3) is 1.84. The lowest BCUT2D eigenvalue weighted by atomic mass is 9.54. The fourth-order valence-corrected chi connectivity index (χ4v) is 5.37. The van der Waals surface area contributed by atoms with Gasteiger partial charge in [-0.05, 0) is 76.5 Å². The first-order chi connectivity index (χ1) is 9.41. The normalized spacial score (nSPS) is 39.5. The lowest BCUT2D eigenvalue weighted by molar-refractivity contribution is -0.0358. The molecule has 110 valence electrons. The van der Waals surface area contributed by atoms with Crippen molar-refractivity contribution in [2.45, 2.75) is 64.5 Å². The fourth-order valence-electron chi connectivity index (χ4n) is 5.37. The van der Waals surface area contributed by atoms with Gasteiger partial charge in [0.1, 0.15) is 11.6 Å². The summed E-state index contributed by atoms with van der Waals surface area (Å²) in [6.07, 6.45) is 7.11. The van der Waals surface area contributed by atoms with E-state index < -0.39 is 5.54 Å². The summed E-state index contributed by atoms with van der Waals surface area (Å²) in [5.74, 6) is 5.46. The van der Waals surface area contributed by atoms with E-state index in [0.29, 0.717) is 6.04 Å². The average molecular weight is 274 g/mol. The molecule has 4 aliphatic carbocycles. The molecule has 1 aromatic rings. The van der Waals surface area contributed by atoms with Crippen molar-refractivity contribution in [1.82, 2.24) is 14.8 Å². The standard InChI is InChI=1S/C16H26N4/c1-9-18-15(16(2,3)17)20(19-9)14-12-5-10-4-11(7-12)8-13(14)6-10/h10-14H,4-8,17H2,1-3H3. The van der Waals surface area contributed by atoms with Gasteiger partial charge < -0.3 is 5.73 Å². The molecule has 1 heterocycles. The molecule has 1 aromatic heterocycles. The van der Waals surface area contributed by atoms with Gasteiger partial charge in [0.15, 0.2) is 0 Å². The quantitative estimate of drug-likeness (QED) is 0.902. The summed E-state index contributed by atoms with van der Waals surface area (Å²) in [6.45, 7) is 6.08. The lowest BCUT2D eigenvalue weighted by Gasteiger charge is -2.54. The predicted octanol–water partition coefficient (Wildman–Crippen LogP) is 2.78. The summed E-state index contributed by atoms with van der Waals surface area (Å²) in [7, 11) is 0. The van der Waals surface area contributed by atoms with Crippen LogP contribution in [0.4, 0.5) is 0 Å². The number of hydrogen-bond acceptors (Lipinski definition) is 3. The second kappa shape index (κ2) is 4.06. The van der Waals surface area contributed by atoms with E-state index in [9.17, 15) is 0 Å². The van der Waals surface area contributed by atoms with E-state index in [-0.39, 0.29) is 0 Å². The Hall–Kier alpha value is -0.900. The number of hydrogen-bond donors (Lipinski definition) is 1. The third-order valence-electron chi connectivity index (χ3n) is 5.77. The van der Waals surface area contributed by atoms with Crippen molar-refractivity contribution in [3.05, 3.63) is 11.6 Å². The van der Waals surface area contributed by atoms with Gasteiger partial charge in [-0.2, -0.15) is 5.10 Å². The maximum atomic E-state index is 6.34. The van der Waals surface area contributed by atoms with E-state index in [1.807, 2.05) is 20.8 Å². The van der Waals surface area contributed by atoms with Gasteiger partial charge >= 0.3 is 0 Å². The van der Waals surface area contributed by atoms with Gasteiger partial charge in [0.25, 0.3) is 0 Å². The zero-order valence-corrected chi connectivity index (χ0v) is 12.8. The zero-order chi connectivity index (χ0) is 14.1. The Morgan fingerprint density at radius 3 is 2.10 bits per heavy atom. The molecular formula is C16H26N4. The molecule has 0 saturated heterocycles. The van der Waals surface area contributed by atoms with Gasteiger partial charge in [0.05, 0.1) is 11.6 Å². The first-order valence-electron chi connectivity index (χ1n) is 8.14. The number of rotatable bonds is 2. The second-order valence-electron chi connectivity index (χ2n) is 8.07. The SMILES string of the molecule is Cc1nc(C(C)(C)N)n(C2C3CC4CC(C3)CC2C4)n1. The molecule has 4 saturated carbocycles. The molecule has 0 aromatic carbocycles. The third-order valence-corrected chi connectivity index (χ3v) is 5.77. The molecule has 4 heteroatoms. The molecule has 0 amide bonds. The van der Waals surface area contributed by atoms with E-state index in [2.05, 4.69) is 9.67 Å². The smallest absolute Gasteiger partial charge is 0.147 e. The lowest BCUT2D eigenvalue weighted by Crippen LogP contribution is -2.47. The highest BCUT2D eigenvalue weighted by atomic mass is 15.4. The van der Waals surface area contributed by atoms with Crippen molar-refractivity contribution in [3.8, 4) is 0 Å². The first kappa shape index (κ1) is 12.8. The van der Waals surface area contributed by atoms with E-state index in [1.165, 1.54) is 32.1 Å². The van der Waals surface area contributed by atoms with Gasteiger partial charge in [0, 0.05) is 0 Å². The van der Waals surface area contributed by atoms with Crippen molar-refractivity contribution >= 4 is 0 Å². The monoisotopic (exact) mass is 274 g/mol. The van der Waals surface area contributed by atoms with Crippen molar-refractivity contribution < 1.29 is 0 Å². The summed E-state index contributed by atoms with van der Waals surface area (Å²) >= 11 is 0. The summed E-state index contributed by atoms with van der Waals surface area (Å²) in [5, 5.41) is 4.75. The van der Waals surface area contributed by atoms with Gasteiger partial charge in [-0.25, -0.2) is 9.67 Å². The van der Waals surface area contributed by atoms with Gasteiger partial charge in [-0.15, -0.1) is 0 Å². The molecule has 4 aliphatic rings. The molecule has 4 bridgehead atoms. The minimum Gasteiger partial charge on any atom is -0.319 e. The Balaban J connectivity index is 1.75. The van der Waals surface area contributed by atoms with Crippen LogP contribution in [0.5, 0.6) is 0 Å². The molecule has 0 aliphatic heterocycles. The zero-order valence-electron chi connectivity index (χ0n) is 12.8. The van der Waals surface area contributed by atoms with Crippen LogP contribution >= 0.6 is 0 Å². The largest absolute Gasteiger partial charge is 0.319 e. The van der Waals surface area contributed by atoms with E-state index in [0.717, 1.165) is 35.3 Å². The molecule has 20 heavy (non-hydrogen) atoms. The van der Waals surface area contributed by atoms with E-state index in [1.54, 1.807) is 0 Å². The summed E-state index contributed by atoms with van der Waals surface area (Å²) in [4.78, 5) is 4.64. The second-order valence-corrected chi connectivity index (χ2v) is 8.07. The highest BCUT2D eigenvalue weighted by molar-refractivity contribution is 5.09. The van der Waals surface area contributed by atoms with Crippen molar-refractivity contribution in [3.63, 3.8) is 0 Å². The van der Waals surface area contributed by atoms with Crippen LogP contribution in [0, 0.1) is 30.6 Å². The molecule has 0 spiro atoms. The molecule has 0 radical (unpaired) electrons. The first-order valence-corrected chi connectivity index (χ1v) is 8.14. The van der Waals surface area contributed by atoms with Gasteiger partial charge in [0.2, 0.25) is 0 Å². The van der Waals surface area contributed by atoms with E-state index >= 15 is 0 Å². The number of aryl methyl sites for hydroxylation is 1. The number of nitrogens with zero attached hydrogens (tertiary/aromatic N) is 3. The Morgan fingerprint density at radius 1 is 1.05 bits per heavy atom. The van der Waals surface area contributed by atoms with Crippen molar-refractivity contribution in [2.24, 2.45) is 29.4 Å². The van der Waals surface area contributed by atoms with Crippen LogP contribution in [0.2, 0.25) is 0 Å². The molecule has 4 fully saturated rings. The maximum Gasteiger partial charge on any atom is 0.147 e. The number of nitrogens with two attached hydrogens (primary N) is 1. The molecular weight excluding hydrogens is 248 g/mol. The average Bonchev–Trinajstić information content (AvgIpc) is 2.69. The van der Waals surface area contributed by atoms with Gasteiger partial charge in [-0.3, -0.25) is 0 Å². The highest BCUT2D eigenvalue weighted by Crippen LogP contribution is 2.58. The Bertz CT molecular complexity index is 497. The molecule has 0 unspecified atom stereocenters. The molecule has 4 nitrogen and oxygen atoms in total. The van der Waals surface area contributed by atoms with Crippen molar-refractivity contribution in [2.75, 3.05) is 0 Å². The minimum absolute atomic E-state index is 0.407. The summed E-state index contributed by atoms with van der Waals surface area (Å²) < 4.78 is 2.22. The maximum absolute atomic E-state index is 6.34. The van der Waals surface area contributed by atoms with Crippen LogP contribution in [0.25, 0.3) is 0 Å². The van der Waals surface area contributed by atoms with Crippen LogP contribution in [-0.4, -0.2) is 14.8 Å². The summed E-state index contributed by atoms with van der Waals surface area (Å²) in [6, 6.07) is 0.557. The van der Waals surface area contributed by atoms with Crippen molar-refractivity contribution in [1.29, 1.82) is 0 Å². The molecule has 2 N–H and O–H groups in total. The van der Waals surface area contributed by atoms with Crippen LogP contribution in [0.3, 0.4) is 0 Å². The predicted molar refractivity (Wildman–Crippen MR) is 78.1 cm³/mol. The fraction of sp³-hybridized carbons (Fsp3) is 0.875. The Kier molecular flexibility index (Phi) is 2.60. The Labute approximate surface area is 121 Å². The highest BCUT2D eigenvalue weighted by Gasteiger charge is 2.50. The number of aromatic nitrogens is 3. The topological polar surface area (TPSA) is 56.7 Å². The van der Waals surface area contributed by atoms with Crippen LogP contribution < -0.4 is 5.73 Å².